The highest BCUT2D eigenvalue weighted by Crippen LogP contribution is 2.29. The Morgan fingerprint density at radius 1 is 1.37 bits per heavy atom. The molecule has 1 aliphatic carbocycles. The number of nitrogens with one attached hydrogen (secondary N) is 2. The van der Waals surface area contributed by atoms with Crippen LogP contribution in [0.2, 0.25) is 0 Å². The van der Waals surface area contributed by atoms with Gasteiger partial charge in [0.15, 0.2) is 11.5 Å². The Kier molecular flexibility index (Phi) is 3.53. The Labute approximate surface area is 113 Å². The van der Waals surface area contributed by atoms with E-state index in [1.54, 1.807) is 0 Å². The van der Waals surface area contributed by atoms with Crippen LogP contribution in [-0.2, 0) is 0 Å². The third kappa shape index (κ3) is 2.64. The molecule has 0 spiro atoms. The fourth-order valence-electron chi connectivity index (χ4n) is 2.49. The maximum absolute atomic E-state index is 4.60. The first-order valence-corrected chi connectivity index (χ1v) is 7.18. The van der Waals surface area contributed by atoms with Crippen LogP contribution in [0.1, 0.15) is 32.6 Å². The number of anilines is 2. The van der Waals surface area contributed by atoms with Crippen molar-refractivity contribution in [3.05, 3.63) is 18.6 Å². The zero-order chi connectivity index (χ0) is 13.1. The van der Waals surface area contributed by atoms with Crippen LogP contribution in [0.15, 0.2) is 18.6 Å². The smallest absolute Gasteiger partial charge is 0.180 e. The summed E-state index contributed by atoms with van der Waals surface area (Å²) < 4.78 is 2.01. The van der Waals surface area contributed by atoms with Crippen molar-refractivity contribution in [2.45, 2.75) is 32.6 Å². The molecule has 0 bridgehead atoms. The zero-order valence-corrected chi connectivity index (χ0v) is 11.4. The lowest BCUT2D eigenvalue weighted by Gasteiger charge is -2.25. The summed E-state index contributed by atoms with van der Waals surface area (Å²) in [6, 6.07) is 0. The number of nitrogens with zero attached hydrogens (tertiary/aromatic N) is 3. The van der Waals surface area contributed by atoms with Crippen LogP contribution in [0.25, 0.3) is 5.65 Å². The summed E-state index contributed by atoms with van der Waals surface area (Å²) in [4.78, 5) is 8.96. The average Bonchev–Trinajstić information content (AvgIpc) is 2.80. The normalized spacial score (nSPS) is 15.4. The van der Waals surface area contributed by atoms with E-state index in [4.69, 9.17) is 0 Å². The highest BCUT2D eigenvalue weighted by Gasteiger charge is 2.16. The van der Waals surface area contributed by atoms with Gasteiger partial charge in [-0.15, -0.1) is 0 Å². The van der Waals surface area contributed by atoms with Crippen molar-refractivity contribution in [1.82, 2.24) is 14.4 Å². The van der Waals surface area contributed by atoms with Crippen molar-refractivity contribution in [3.8, 4) is 0 Å². The molecule has 1 fully saturated rings. The first kappa shape index (κ1) is 12.3. The van der Waals surface area contributed by atoms with Crippen molar-refractivity contribution in [1.29, 1.82) is 0 Å². The third-order valence-electron chi connectivity index (χ3n) is 3.80. The summed E-state index contributed by atoms with van der Waals surface area (Å²) in [5.41, 5.74) is 0.898. The summed E-state index contributed by atoms with van der Waals surface area (Å²) in [7, 11) is 0. The van der Waals surface area contributed by atoms with E-state index in [9.17, 15) is 0 Å². The minimum atomic E-state index is 0.870. The quantitative estimate of drug-likeness (QED) is 0.837. The molecule has 0 aromatic carbocycles. The van der Waals surface area contributed by atoms with Crippen LogP contribution < -0.4 is 10.6 Å². The van der Waals surface area contributed by atoms with E-state index in [0.717, 1.165) is 36.3 Å². The second-order valence-electron chi connectivity index (χ2n) is 5.18. The van der Waals surface area contributed by atoms with Crippen molar-refractivity contribution >= 4 is 17.3 Å². The number of imidazole rings is 1. The second-order valence-corrected chi connectivity index (χ2v) is 5.18. The fourth-order valence-corrected chi connectivity index (χ4v) is 2.49. The lowest BCUT2D eigenvalue weighted by Crippen LogP contribution is -2.16. The summed E-state index contributed by atoms with van der Waals surface area (Å²) in [6.07, 6.45) is 11.2. The van der Waals surface area contributed by atoms with Gasteiger partial charge in [0.05, 0.1) is 6.20 Å². The topological polar surface area (TPSA) is 54.2 Å². The van der Waals surface area contributed by atoms with Gasteiger partial charge in [0.1, 0.15) is 5.82 Å². The van der Waals surface area contributed by atoms with E-state index >= 15 is 0 Å². The molecule has 0 atom stereocenters. The third-order valence-corrected chi connectivity index (χ3v) is 3.80. The Morgan fingerprint density at radius 3 is 3.00 bits per heavy atom. The van der Waals surface area contributed by atoms with Crippen molar-refractivity contribution in [2.24, 2.45) is 5.92 Å². The molecule has 0 amide bonds. The van der Waals surface area contributed by atoms with Crippen molar-refractivity contribution in [2.75, 3.05) is 23.7 Å². The molecular weight excluding hydrogens is 238 g/mol. The first-order valence-electron chi connectivity index (χ1n) is 7.18. The number of hydrogen-bond acceptors (Lipinski definition) is 4. The van der Waals surface area contributed by atoms with Gasteiger partial charge in [-0.05, 0) is 19.3 Å². The lowest BCUT2D eigenvalue weighted by molar-refractivity contribution is 0.303. The van der Waals surface area contributed by atoms with Crippen LogP contribution >= 0.6 is 0 Å². The zero-order valence-electron chi connectivity index (χ0n) is 11.4. The molecule has 3 rings (SSSR count). The maximum Gasteiger partial charge on any atom is 0.180 e. The molecule has 2 aromatic heterocycles. The highest BCUT2D eigenvalue weighted by molar-refractivity contribution is 5.65. The van der Waals surface area contributed by atoms with Gasteiger partial charge in [0.2, 0.25) is 0 Å². The molecule has 0 saturated heterocycles. The number of fused-ring (bicyclic) bond motifs is 1. The molecule has 102 valence electrons. The summed E-state index contributed by atoms with van der Waals surface area (Å²) >= 11 is 0. The molecule has 0 unspecified atom stereocenters. The van der Waals surface area contributed by atoms with Crippen LogP contribution in [0.3, 0.4) is 0 Å². The minimum Gasteiger partial charge on any atom is -0.369 e. The SMILES string of the molecule is CCNc1cn2ccnc2c(NCCC2CCC2)n1. The van der Waals surface area contributed by atoms with Crippen LogP contribution in [0.5, 0.6) is 0 Å². The number of hydrogen-bond donors (Lipinski definition) is 2. The predicted octanol–water partition coefficient (Wildman–Crippen LogP) is 2.76. The van der Waals surface area contributed by atoms with Gasteiger partial charge in [-0.1, -0.05) is 19.3 Å². The van der Waals surface area contributed by atoms with Crippen molar-refractivity contribution < 1.29 is 0 Å². The molecule has 5 heteroatoms. The summed E-state index contributed by atoms with van der Waals surface area (Å²) in [5, 5.41) is 6.69. The van der Waals surface area contributed by atoms with Gasteiger partial charge < -0.3 is 15.0 Å². The van der Waals surface area contributed by atoms with Gasteiger partial charge in [0.25, 0.3) is 0 Å². The maximum atomic E-state index is 4.60. The van der Waals surface area contributed by atoms with Gasteiger partial charge in [-0.2, -0.15) is 0 Å². The Morgan fingerprint density at radius 2 is 2.26 bits per heavy atom. The second kappa shape index (κ2) is 5.47. The van der Waals surface area contributed by atoms with E-state index in [1.807, 2.05) is 23.0 Å². The monoisotopic (exact) mass is 259 g/mol. The molecule has 2 N–H and O–H groups in total. The number of rotatable bonds is 6. The molecule has 2 heterocycles. The predicted molar refractivity (Wildman–Crippen MR) is 77.6 cm³/mol. The Hall–Kier alpha value is -1.78. The van der Waals surface area contributed by atoms with E-state index in [1.165, 1.54) is 25.7 Å². The first-order chi connectivity index (χ1) is 9.36. The van der Waals surface area contributed by atoms with Gasteiger partial charge in [0, 0.05) is 25.5 Å². The molecular formula is C14H21N5. The molecule has 2 aromatic rings. The van der Waals surface area contributed by atoms with E-state index in [0.29, 0.717) is 0 Å². The van der Waals surface area contributed by atoms with E-state index in [2.05, 4.69) is 27.5 Å². The van der Waals surface area contributed by atoms with Crippen LogP contribution in [0, 0.1) is 5.92 Å². The Balaban J connectivity index is 1.73. The molecule has 0 radical (unpaired) electrons. The highest BCUT2D eigenvalue weighted by atomic mass is 15.1. The molecule has 1 saturated carbocycles. The van der Waals surface area contributed by atoms with Gasteiger partial charge in [-0.3, -0.25) is 0 Å². The van der Waals surface area contributed by atoms with Crippen LogP contribution in [0.4, 0.5) is 11.6 Å². The summed E-state index contributed by atoms with van der Waals surface area (Å²) in [6.45, 7) is 3.92. The standard InChI is InChI=1S/C14H21N5/c1-2-15-12-10-19-9-8-17-14(19)13(18-12)16-7-6-11-4-3-5-11/h8-11,15H,2-7H2,1H3,(H,16,18). The summed E-state index contributed by atoms with van der Waals surface area (Å²) in [5.74, 6) is 2.68. The molecule has 0 aliphatic heterocycles. The van der Waals surface area contributed by atoms with Crippen molar-refractivity contribution in [3.63, 3.8) is 0 Å². The molecule has 19 heavy (non-hydrogen) atoms. The van der Waals surface area contributed by atoms with E-state index < -0.39 is 0 Å². The van der Waals surface area contributed by atoms with Gasteiger partial charge >= 0.3 is 0 Å². The number of aromatic nitrogens is 3. The average molecular weight is 259 g/mol. The molecule has 5 nitrogen and oxygen atoms in total. The molecule has 1 aliphatic rings. The minimum absolute atomic E-state index is 0.870. The Bertz CT molecular complexity index is 544. The van der Waals surface area contributed by atoms with E-state index in [-0.39, 0.29) is 0 Å². The lowest BCUT2D eigenvalue weighted by atomic mass is 9.83. The fraction of sp³-hybridized carbons (Fsp3) is 0.571. The van der Waals surface area contributed by atoms with Gasteiger partial charge in [-0.25, -0.2) is 9.97 Å². The van der Waals surface area contributed by atoms with Crippen LogP contribution in [-0.4, -0.2) is 27.5 Å². The largest absolute Gasteiger partial charge is 0.369 e.